The van der Waals surface area contributed by atoms with Crippen LogP contribution >= 0.6 is 11.8 Å². The zero-order valence-corrected chi connectivity index (χ0v) is 19.7. The molecule has 0 saturated carbocycles. The molecule has 0 aliphatic carbocycles. The summed E-state index contributed by atoms with van der Waals surface area (Å²) in [5.41, 5.74) is 2.57. The Hall–Kier alpha value is -2.68. The fourth-order valence-corrected chi connectivity index (χ4v) is 6.08. The van der Waals surface area contributed by atoms with Crippen molar-refractivity contribution < 1.29 is 14.0 Å². The van der Waals surface area contributed by atoms with Crippen LogP contribution in [0.25, 0.3) is 5.57 Å². The second kappa shape index (κ2) is 10.3. The van der Waals surface area contributed by atoms with E-state index in [0.717, 1.165) is 24.8 Å². The third kappa shape index (κ3) is 4.89. The number of nitrogens with one attached hydrogen (secondary N) is 3. The molecule has 178 valence electrons. The number of halogens is 1. The Balaban J connectivity index is 1.14. The van der Waals surface area contributed by atoms with Crippen LogP contribution in [-0.2, 0) is 16.0 Å². The Kier molecular flexibility index (Phi) is 6.99. The van der Waals surface area contributed by atoms with Crippen molar-refractivity contribution in [2.75, 3.05) is 19.6 Å². The fraction of sp³-hybridized carbons (Fsp3) is 0.385. The first kappa shape index (κ1) is 23.1. The van der Waals surface area contributed by atoms with Crippen molar-refractivity contribution in [3.8, 4) is 0 Å². The number of carbonyl (C=O) groups is 2. The van der Waals surface area contributed by atoms with Crippen LogP contribution in [0, 0.1) is 11.7 Å². The molecule has 0 spiro atoms. The predicted octanol–water partition coefficient (Wildman–Crippen LogP) is 2.72. The lowest BCUT2D eigenvalue weighted by atomic mass is 9.94. The molecule has 5 rings (SSSR count). The molecule has 3 aliphatic heterocycles. The highest BCUT2D eigenvalue weighted by atomic mass is 32.2. The average molecular weight is 481 g/mol. The van der Waals surface area contributed by atoms with E-state index in [1.807, 2.05) is 29.7 Å². The second-order valence-electron chi connectivity index (χ2n) is 9.00. The molecule has 3 atom stereocenters. The molecule has 3 heterocycles. The molecule has 0 aromatic heterocycles. The van der Waals surface area contributed by atoms with Crippen molar-refractivity contribution in [1.29, 1.82) is 0 Å². The van der Waals surface area contributed by atoms with Crippen LogP contribution < -0.4 is 16.0 Å². The molecule has 2 aromatic carbocycles. The van der Waals surface area contributed by atoms with Gasteiger partial charge in [-0.3, -0.25) is 19.8 Å². The first-order valence-corrected chi connectivity index (χ1v) is 12.8. The zero-order chi connectivity index (χ0) is 23.5. The number of hydrogen-bond acceptors (Lipinski definition) is 5. The van der Waals surface area contributed by atoms with Crippen molar-refractivity contribution in [1.82, 2.24) is 20.9 Å². The molecule has 3 unspecified atom stereocenters. The van der Waals surface area contributed by atoms with Crippen LogP contribution in [0.4, 0.5) is 4.39 Å². The molecule has 2 amide bonds. The molecule has 34 heavy (non-hydrogen) atoms. The third-order valence-corrected chi connectivity index (χ3v) is 8.03. The van der Waals surface area contributed by atoms with Crippen molar-refractivity contribution >= 4 is 29.1 Å². The maximum atomic E-state index is 14.4. The minimum absolute atomic E-state index is 0.0185. The topological polar surface area (TPSA) is 73.5 Å². The molecule has 2 fully saturated rings. The van der Waals surface area contributed by atoms with Crippen molar-refractivity contribution in [3.05, 3.63) is 76.9 Å². The molecular formula is C26H29FN4O2S. The van der Waals surface area contributed by atoms with E-state index in [4.69, 9.17) is 0 Å². The van der Waals surface area contributed by atoms with E-state index >= 15 is 0 Å². The van der Waals surface area contributed by atoms with E-state index in [0.29, 0.717) is 25.2 Å². The van der Waals surface area contributed by atoms with Crippen LogP contribution in [0.3, 0.4) is 0 Å². The maximum Gasteiger partial charge on any atom is 0.237 e. The lowest BCUT2D eigenvalue weighted by Crippen LogP contribution is -2.68. The van der Waals surface area contributed by atoms with Crippen LogP contribution in [0.1, 0.15) is 24.0 Å². The van der Waals surface area contributed by atoms with Gasteiger partial charge in [-0.15, -0.1) is 11.8 Å². The normalized spacial score (nSPS) is 25.4. The average Bonchev–Trinajstić information content (AvgIpc) is 3.29. The molecule has 2 aromatic rings. The molecule has 8 heteroatoms. The summed E-state index contributed by atoms with van der Waals surface area (Å²) >= 11 is 1.43. The number of hydrogen-bond donors (Lipinski definition) is 3. The van der Waals surface area contributed by atoms with Gasteiger partial charge in [-0.25, -0.2) is 4.39 Å². The highest BCUT2D eigenvalue weighted by molar-refractivity contribution is 8.04. The molecule has 2 saturated heterocycles. The Labute approximate surface area is 203 Å². The number of fused-ring (bicyclic) bond motifs is 1. The molecule has 0 bridgehead atoms. The Bertz CT molecular complexity index is 1070. The number of benzene rings is 2. The van der Waals surface area contributed by atoms with Gasteiger partial charge >= 0.3 is 0 Å². The van der Waals surface area contributed by atoms with Gasteiger partial charge < -0.3 is 10.6 Å². The van der Waals surface area contributed by atoms with E-state index in [9.17, 15) is 14.0 Å². The van der Waals surface area contributed by atoms with E-state index in [-0.39, 0.29) is 41.1 Å². The number of likely N-dealkylation sites (tertiary alicyclic amines) is 1. The summed E-state index contributed by atoms with van der Waals surface area (Å²) in [6.45, 7) is 2.05. The van der Waals surface area contributed by atoms with Crippen LogP contribution in [-0.4, -0.2) is 53.9 Å². The Morgan fingerprint density at radius 3 is 2.59 bits per heavy atom. The number of nitrogens with zero attached hydrogens (tertiary/aromatic N) is 1. The van der Waals surface area contributed by atoms with Crippen molar-refractivity contribution in [2.24, 2.45) is 5.92 Å². The molecular weight excluding hydrogens is 451 g/mol. The van der Waals surface area contributed by atoms with E-state index in [2.05, 4.69) is 33.0 Å². The fourth-order valence-electron chi connectivity index (χ4n) is 4.94. The largest absolute Gasteiger partial charge is 0.356 e. The monoisotopic (exact) mass is 480 g/mol. The Morgan fingerprint density at radius 2 is 1.82 bits per heavy atom. The second-order valence-corrected chi connectivity index (χ2v) is 10.0. The lowest BCUT2D eigenvalue weighted by Gasteiger charge is -2.43. The van der Waals surface area contributed by atoms with Gasteiger partial charge in [0.05, 0.1) is 6.04 Å². The van der Waals surface area contributed by atoms with Gasteiger partial charge in [-0.2, -0.15) is 0 Å². The summed E-state index contributed by atoms with van der Waals surface area (Å²) < 4.78 is 14.4. The van der Waals surface area contributed by atoms with E-state index in [1.54, 1.807) is 12.1 Å². The number of rotatable bonds is 6. The first-order chi connectivity index (χ1) is 16.6. The van der Waals surface area contributed by atoms with Crippen molar-refractivity contribution in [2.45, 2.75) is 36.8 Å². The molecule has 3 N–H and O–H groups in total. The van der Waals surface area contributed by atoms with Gasteiger partial charge in [0.15, 0.2) is 0 Å². The SMILES string of the molecule is O=C(NCCc1ccccc1)C1CCN(C2NC(=O)C3SC=C(c4ccccc4F)C3N2)CC1. The molecule has 0 radical (unpaired) electrons. The van der Waals surface area contributed by atoms with Crippen LogP contribution in [0.2, 0.25) is 0 Å². The summed E-state index contributed by atoms with van der Waals surface area (Å²) in [5.74, 6) is -0.233. The highest BCUT2D eigenvalue weighted by Gasteiger charge is 2.44. The van der Waals surface area contributed by atoms with Crippen molar-refractivity contribution in [3.63, 3.8) is 0 Å². The number of thioether (sulfide) groups is 1. The summed E-state index contributed by atoms with van der Waals surface area (Å²) in [4.78, 5) is 27.6. The number of piperidine rings is 1. The third-order valence-electron chi connectivity index (χ3n) is 6.86. The molecule has 3 aliphatic rings. The van der Waals surface area contributed by atoms with Gasteiger partial charge in [0, 0.05) is 31.1 Å². The Morgan fingerprint density at radius 1 is 1.09 bits per heavy atom. The van der Waals surface area contributed by atoms with Crippen LogP contribution in [0.5, 0.6) is 0 Å². The minimum atomic E-state index is -0.329. The maximum absolute atomic E-state index is 14.4. The zero-order valence-electron chi connectivity index (χ0n) is 18.9. The van der Waals surface area contributed by atoms with Gasteiger partial charge in [-0.05, 0) is 41.9 Å². The standard InChI is InChI=1S/C26H29FN4O2S/c27-21-9-5-4-8-19(21)20-16-34-23-22(20)29-26(30-25(23)33)31-14-11-18(12-15-31)24(32)28-13-10-17-6-2-1-3-7-17/h1-9,16,18,22-23,26,29H,10-15H2,(H,28,32)(H,30,33). The summed E-state index contributed by atoms with van der Waals surface area (Å²) in [6, 6.07) is 16.6. The van der Waals surface area contributed by atoms with Gasteiger partial charge in [0.1, 0.15) is 17.4 Å². The summed E-state index contributed by atoms with van der Waals surface area (Å²) in [7, 11) is 0. The minimum Gasteiger partial charge on any atom is -0.356 e. The summed E-state index contributed by atoms with van der Waals surface area (Å²) in [5, 5.41) is 11.3. The number of carbonyl (C=O) groups excluding carboxylic acids is 2. The van der Waals surface area contributed by atoms with E-state index < -0.39 is 0 Å². The summed E-state index contributed by atoms with van der Waals surface area (Å²) in [6.07, 6.45) is 1.97. The smallest absolute Gasteiger partial charge is 0.237 e. The first-order valence-electron chi connectivity index (χ1n) is 11.8. The van der Waals surface area contributed by atoms with Gasteiger partial charge in [0.2, 0.25) is 11.8 Å². The quantitative estimate of drug-likeness (QED) is 0.593. The van der Waals surface area contributed by atoms with E-state index in [1.165, 1.54) is 23.4 Å². The predicted molar refractivity (Wildman–Crippen MR) is 132 cm³/mol. The molecule has 6 nitrogen and oxygen atoms in total. The van der Waals surface area contributed by atoms with Gasteiger partial charge in [-0.1, -0.05) is 48.5 Å². The van der Waals surface area contributed by atoms with Crippen LogP contribution in [0.15, 0.2) is 60.0 Å². The van der Waals surface area contributed by atoms with Gasteiger partial charge in [0.25, 0.3) is 0 Å². The lowest BCUT2D eigenvalue weighted by molar-refractivity contribution is -0.129. The highest BCUT2D eigenvalue weighted by Crippen LogP contribution is 2.39. The number of amides is 2.